The molecule has 10 heteroatoms. The highest BCUT2D eigenvalue weighted by atomic mass is 32.2. The van der Waals surface area contributed by atoms with Crippen molar-refractivity contribution in [3.63, 3.8) is 0 Å². The van der Waals surface area contributed by atoms with Gasteiger partial charge in [0.15, 0.2) is 9.84 Å². The van der Waals surface area contributed by atoms with Crippen LogP contribution in [0.4, 0.5) is 0 Å². The number of nitrogens with zero attached hydrogens (tertiary/aromatic N) is 3. The number of carbonyl (C=O) groups is 1. The number of aromatic nitrogens is 2. The zero-order chi connectivity index (χ0) is 23.5. The Morgan fingerprint density at radius 3 is 2.28 bits per heavy atom. The maximum Gasteiger partial charge on any atom is 0.231 e. The third-order valence-electron chi connectivity index (χ3n) is 5.91. The predicted molar refractivity (Wildman–Crippen MR) is 119 cm³/mol. The van der Waals surface area contributed by atoms with Crippen molar-refractivity contribution in [3.8, 4) is 5.75 Å². The number of methoxy groups -OCH3 is 1. The first-order chi connectivity index (χ1) is 15.1. The quantitative estimate of drug-likeness (QED) is 0.632. The minimum absolute atomic E-state index is 0.0334. The second-order valence-electron chi connectivity index (χ2n) is 8.65. The molecule has 0 saturated heterocycles. The van der Waals surface area contributed by atoms with E-state index in [4.69, 9.17) is 9.15 Å². The van der Waals surface area contributed by atoms with Crippen LogP contribution in [-0.4, -0.2) is 62.7 Å². The van der Waals surface area contributed by atoms with E-state index in [1.54, 1.807) is 26.0 Å². The molecule has 1 aliphatic rings. The molecule has 1 N–H and O–H groups in total. The Kier molecular flexibility index (Phi) is 7.55. The van der Waals surface area contributed by atoms with Crippen molar-refractivity contribution < 1.29 is 22.4 Å². The fraction of sp³-hybridized carbons (Fsp3) is 0.591. The fourth-order valence-corrected chi connectivity index (χ4v) is 6.01. The molecule has 32 heavy (non-hydrogen) atoms. The Bertz CT molecular complexity index is 1030. The van der Waals surface area contributed by atoms with E-state index in [1.807, 2.05) is 0 Å². The summed E-state index contributed by atoms with van der Waals surface area (Å²) < 4.78 is 36.6. The number of nitrogens with one attached hydrogen (secondary N) is 1. The SMILES string of the molecule is COc1cc(C)c(S(=O)(=O)Cc2nnc(CC(=O)NC3CCC(N(C)C)CC3)o2)c(C)c1. The van der Waals surface area contributed by atoms with Gasteiger partial charge in [0.05, 0.1) is 12.0 Å². The summed E-state index contributed by atoms with van der Waals surface area (Å²) in [7, 11) is 1.98. The summed E-state index contributed by atoms with van der Waals surface area (Å²) in [6.07, 6.45) is 3.89. The number of rotatable bonds is 8. The Morgan fingerprint density at radius 2 is 1.72 bits per heavy atom. The molecule has 1 saturated carbocycles. The maximum absolute atomic E-state index is 13.0. The van der Waals surface area contributed by atoms with Crippen LogP contribution in [0, 0.1) is 13.8 Å². The zero-order valence-corrected chi connectivity index (χ0v) is 20.2. The van der Waals surface area contributed by atoms with Gasteiger partial charge in [-0.05, 0) is 76.9 Å². The van der Waals surface area contributed by atoms with Crippen molar-refractivity contribution in [2.45, 2.75) is 68.7 Å². The second kappa shape index (κ2) is 9.99. The molecule has 1 heterocycles. The summed E-state index contributed by atoms with van der Waals surface area (Å²) in [5, 5.41) is 10.7. The highest BCUT2D eigenvalue weighted by Crippen LogP contribution is 2.28. The number of carbonyl (C=O) groups excluding carboxylic acids is 1. The predicted octanol–water partition coefficient (Wildman–Crippen LogP) is 2.20. The van der Waals surface area contributed by atoms with E-state index >= 15 is 0 Å². The summed E-state index contributed by atoms with van der Waals surface area (Å²) in [4.78, 5) is 14.8. The number of sulfone groups is 1. The summed E-state index contributed by atoms with van der Waals surface area (Å²) in [5.41, 5.74) is 1.18. The van der Waals surface area contributed by atoms with Crippen LogP contribution in [0.15, 0.2) is 21.4 Å². The minimum Gasteiger partial charge on any atom is -0.497 e. The molecular weight excluding hydrogens is 432 g/mol. The van der Waals surface area contributed by atoms with Crippen LogP contribution in [0.3, 0.4) is 0 Å². The van der Waals surface area contributed by atoms with Gasteiger partial charge in [0.2, 0.25) is 17.7 Å². The molecule has 9 nitrogen and oxygen atoms in total. The van der Waals surface area contributed by atoms with Crippen molar-refractivity contribution in [2.24, 2.45) is 0 Å². The molecule has 1 aliphatic carbocycles. The summed E-state index contributed by atoms with van der Waals surface area (Å²) in [5.74, 6) is 0.0506. The molecule has 0 aliphatic heterocycles. The number of hydrogen-bond donors (Lipinski definition) is 1. The molecule has 1 aromatic carbocycles. The van der Waals surface area contributed by atoms with Crippen molar-refractivity contribution in [1.29, 1.82) is 0 Å². The standard InChI is InChI=1S/C22H32N4O5S/c1-14-10-18(30-5)11-15(2)22(14)32(28,29)13-21-25-24-20(31-21)12-19(27)23-16-6-8-17(9-7-16)26(3)4/h10-11,16-17H,6-9,12-13H2,1-5H3,(H,23,27). The van der Waals surface area contributed by atoms with Gasteiger partial charge in [-0.15, -0.1) is 10.2 Å². The van der Waals surface area contributed by atoms with Crippen molar-refractivity contribution >= 4 is 15.7 Å². The number of ether oxygens (including phenoxy) is 1. The topological polar surface area (TPSA) is 115 Å². The van der Waals surface area contributed by atoms with E-state index in [1.165, 1.54) is 7.11 Å². The van der Waals surface area contributed by atoms with Crippen LogP contribution >= 0.6 is 0 Å². The Hall–Kier alpha value is -2.46. The largest absolute Gasteiger partial charge is 0.497 e. The molecular formula is C22H32N4O5S. The van der Waals surface area contributed by atoms with Crippen LogP contribution in [0.1, 0.15) is 48.6 Å². The normalized spacial score (nSPS) is 19.2. The van der Waals surface area contributed by atoms with Gasteiger partial charge in [0, 0.05) is 12.1 Å². The molecule has 0 bridgehead atoms. The van der Waals surface area contributed by atoms with Crippen molar-refractivity contribution in [3.05, 3.63) is 35.0 Å². The second-order valence-corrected chi connectivity index (χ2v) is 10.6. The van der Waals surface area contributed by atoms with E-state index in [2.05, 4.69) is 34.5 Å². The zero-order valence-electron chi connectivity index (χ0n) is 19.3. The summed E-state index contributed by atoms with van der Waals surface area (Å²) in [6, 6.07) is 4.05. The first-order valence-corrected chi connectivity index (χ1v) is 12.4. The van der Waals surface area contributed by atoms with Gasteiger partial charge in [-0.3, -0.25) is 4.79 Å². The monoisotopic (exact) mass is 464 g/mol. The van der Waals surface area contributed by atoms with Crippen LogP contribution < -0.4 is 10.1 Å². The first-order valence-electron chi connectivity index (χ1n) is 10.7. The lowest BCUT2D eigenvalue weighted by Crippen LogP contribution is -2.42. The van der Waals surface area contributed by atoms with Gasteiger partial charge < -0.3 is 19.4 Å². The molecule has 0 spiro atoms. The average Bonchev–Trinajstić information content (AvgIpc) is 3.13. The van der Waals surface area contributed by atoms with E-state index in [0.29, 0.717) is 22.9 Å². The van der Waals surface area contributed by atoms with Gasteiger partial charge in [0.1, 0.15) is 17.9 Å². The molecule has 1 fully saturated rings. The Labute approximate surface area is 189 Å². The number of benzene rings is 1. The lowest BCUT2D eigenvalue weighted by Gasteiger charge is -2.32. The smallest absolute Gasteiger partial charge is 0.231 e. The summed E-state index contributed by atoms with van der Waals surface area (Å²) in [6.45, 7) is 3.44. The molecule has 3 rings (SSSR count). The van der Waals surface area contributed by atoms with E-state index < -0.39 is 15.6 Å². The minimum atomic E-state index is -3.71. The fourth-order valence-electron chi connectivity index (χ4n) is 4.32. The molecule has 2 aromatic rings. The van der Waals surface area contributed by atoms with Crippen LogP contribution in [0.5, 0.6) is 5.75 Å². The number of amides is 1. The Balaban J connectivity index is 1.60. The lowest BCUT2D eigenvalue weighted by atomic mass is 9.90. The maximum atomic E-state index is 13.0. The van der Waals surface area contributed by atoms with Gasteiger partial charge in [0.25, 0.3) is 0 Å². The van der Waals surface area contributed by atoms with Gasteiger partial charge in [-0.1, -0.05) is 0 Å². The molecule has 1 aromatic heterocycles. The van der Waals surface area contributed by atoms with E-state index in [9.17, 15) is 13.2 Å². The molecule has 0 radical (unpaired) electrons. The summed E-state index contributed by atoms with van der Waals surface area (Å²) >= 11 is 0. The lowest BCUT2D eigenvalue weighted by molar-refractivity contribution is -0.121. The van der Waals surface area contributed by atoms with Gasteiger partial charge in [-0.25, -0.2) is 8.42 Å². The number of hydrogen-bond acceptors (Lipinski definition) is 8. The third-order valence-corrected chi connectivity index (χ3v) is 7.80. The highest BCUT2D eigenvalue weighted by Gasteiger charge is 2.26. The average molecular weight is 465 g/mol. The molecule has 1 amide bonds. The number of aryl methyl sites for hydroxylation is 2. The van der Waals surface area contributed by atoms with Gasteiger partial charge in [-0.2, -0.15) is 0 Å². The van der Waals surface area contributed by atoms with Crippen LogP contribution in [0.25, 0.3) is 0 Å². The van der Waals surface area contributed by atoms with Gasteiger partial charge >= 0.3 is 0 Å². The Morgan fingerprint density at radius 1 is 1.12 bits per heavy atom. The first kappa shape index (κ1) is 24.2. The van der Waals surface area contributed by atoms with Crippen molar-refractivity contribution in [1.82, 2.24) is 20.4 Å². The van der Waals surface area contributed by atoms with Crippen LogP contribution in [-0.2, 0) is 26.8 Å². The van der Waals surface area contributed by atoms with E-state index in [-0.39, 0.29) is 35.0 Å². The third kappa shape index (κ3) is 5.86. The van der Waals surface area contributed by atoms with Crippen LogP contribution in [0.2, 0.25) is 0 Å². The molecule has 0 atom stereocenters. The van der Waals surface area contributed by atoms with E-state index in [0.717, 1.165) is 25.7 Å². The molecule has 176 valence electrons. The molecule has 0 unspecified atom stereocenters. The van der Waals surface area contributed by atoms with Crippen molar-refractivity contribution in [2.75, 3.05) is 21.2 Å². The highest BCUT2D eigenvalue weighted by molar-refractivity contribution is 7.90.